The van der Waals surface area contributed by atoms with Crippen LogP contribution in [0.15, 0.2) is 60.9 Å². The zero-order chi connectivity index (χ0) is 17.2. The van der Waals surface area contributed by atoms with Crippen molar-refractivity contribution in [2.45, 2.75) is 0 Å². The molecule has 0 saturated carbocycles. The molecule has 0 spiro atoms. The van der Waals surface area contributed by atoms with Crippen LogP contribution in [-0.2, 0) is 0 Å². The molecule has 1 saturated heterocycles. The minimum atomic E-state index is -0.220. The van der Waals surface area contributed by atoms with Gasteiger partial charge in [-0.3, -0.25) is 9.78 Å². The number of carbonyl (C=O) groups is 1. The van der Waals surface area contributed by atoms with E-state index in [-0.39, 0.29) is 11.7 Å². The van der Waals surface area contributed by atoms with Crippen LogP contribution in [0.1, 0.15) is 10.4 Å². The Kier molecular flexibility index (Phi) is 4.06. The summed E-state index contributed by atoms with van der Waals surface area (Å²) in [4.78, 5) is 20.9. The predicted molar refractivity (Wildman–Crippen MR) is 96.3 cm³/mol. The van der Waals surface area contributed by atoms with Crippen LogP contribution in [0.25, 0.3) is 10.8 Å². The molecule has 1 aliphatic heterocycles. The van der Waals surface area contributed by atoms with Crippen LogP contribution in [0, 0.1) is 5.82 Å². The van der Waals surface area contributed by atoms with Crippen molar-refractivity contribution in [3.8, 4) is 0 Å². The minimum Gasteiger partial charge on any atom is -0.366 e. The molecule has 5 heteroatoms. The number of aromatic nitrogens is 1. The molecule has 1 aromatic heterocycles. The van der Waals surface area contributed by atoms with Crippen molar-refractivity contribution < 1.29 is 9.18 Å². The van der Waals surface area contributed by atoms with Crippen LogP contribution < -0.4 is 4.90 Å². The van der Waals surface area contributed by atoms with Gasteiger partial charge in [-0.2, -0.15) is 0 Å². The van der Waals surface area contributed by atoms with Gasteiger partial charge in [-0.05, 0) is 29.7 Å². The van der Waals surface area contributed by atoms with E-state index in [4.69, 9.17) is 0 Å². The Hall–Kier alpha value is -2.95. The van der Waals surface area contributed by atoms with Crippen molar-refractivity contribution in [2.24, 2.45) is 0 Å². The average Bonchev–Trinajstić information content (AvgIpc) is 2.67. The van der Waals surface area contributed by atoms with Crippen molar-refractivity contribution in [1.82, 2.24) is 9.88 Å². The molecule has 126 valence electrons. The maximum atomic E-state index is 13.9. The van der Waals surface area contributed by atoms with Gasteiger partial charge in [0.15, 0.2) is 0 Å². The van der Waals surface area contributed by atoms with Crippen molar-refractivity contribution in [3.63, 3.8) is 0 Å². The van der Waals surface area contributed by atoms with Gasteiger partial charge < -0.3 is 9.80 Å². The number of pyridine rings is 1. The van der Waals surface area contributed by atoms with Crippen molar-refractivity contribution in [1.29, 1.82) is 0 Å². The summed E-state index contributed by atoms with van der Waals surface area (Å²) in [6, 6.07) is 14.4. The second-order valence-corrected chi connectivity index (χ2v) is 6.13. The molecular formula is C20H18FN3O. The van der Waals surface area contributed by atoms with E-state index in [1.54, 1.807) is 24.5 Å². The predicted octanol–water partition coefficient (Wildman–Crippen LogP) is 3.34. The van der Waals surface area contributed by atoms with Crippen LogP contribution >= 0.6 is 0 Å². The molecule has 1 amide bonds. The van der Waals surface area contributed by atoms with Crippen LogP contribution in [-0.4, -0.2) is 42.0 Å². The lowest BCUT2D eigenvalue weighted by Crippen LogP contribution is -2.49. The van der Waals surface area contributed by atoms with Crippen molar-refractivity contribution in [2.75, 3.05) is 31.1 Å². The first-order valence-electron chi connectivity index (χ1n) is 8.35. The van der Waals surface area contributed by atoms with Gasteiger partial charge in [0, 0.05) is 49.5 Å². The number of hydrogen-bond acceptors (Lipinski definition) is 3. The van der Waals surface area contributed by atoms with E-state index in [2.05, 4.69) is 4.98 Å². The van der Waals surface area contributed by atoms with Gasteiger partial charge in [0.1, 0.15) is 5.82 Å². The van der Waals surface area contributed by atoms with E-state index >= 15 is 0 Å². The lowest BCUT2D eigenvalue weighted by Gasteiger charge is -2.36. The summed E-state index contributed by atoms with van der Waals surface area (Å²) < 4.78 is 13.9. The molecule has 2 heterocycles. The highest BCUT2D eigenvalue weighted by Crippen LogP contribution is 2.23. The first-order valence-corrected chi connectivity index (χ1v) is 8.35. The molecule has 25 heavy (non-hydrogen) atoms. The topological polar surface area (TPSA) is 36.4 Å². The molecule has 0 radical (unpaired) electrons. The number of para-hydroxylation sites is 1. The number of benzene rings is 2. The van der Waals surface area contributed by atoms with E-state index in [1.165, 1.54) is 6.07 Å². The number of rotatable bonds is 2. The highest BCUT2D eigenvalue weighted by Gasteiger charge is 2.24. The van der Waals surface area contributed by atoms with Crippen LogP contribution in [0.4, 0.5) is 10.1 Å². The molecule has 1 aliphatic rings. The second kappa shape index (κ2) is 6.51. The Bertz CT molecular complexity index is 914. The van der Waals surface area contributed by atoms with E-state index < -0.39 is 0 Å². The monoisotopic (exact) mass is 335 g/mol. The number of anilines is 1. The average molecular weight is 335 g/mol. The summed E-state index contributed by atoms with van der Waals surface area (Å²) in [7, 11) is 0. The highest BCUT2D eigenvalue weighted by molar-refractivity contribution is 6.06. The summed E-state index contributed by atoms with van der Waals surface area (Å²) in [5.41, 5.74) is 1.27. The molecule has 0 aliphatic carbocycles. The largest absolute Gasteiger partial charge is 0.366 e. The maximum Gasteiger partial charge on any atom is 0.254 e. The molecule has 3 aromatic rings. The number of carbonyl (C=O) groups excluding carboxylic acids is 1. The smallest absolute Gasteiger partial charge is 0.254 e. The van der Waals surface area contributed by atoms with E-state index in [0.717, 1.165) is 10.8 Å². The molecule has 4 rings (SSSR count). The third kappa shape index (κ3) is 2.93. The Labute approximate surface area is 145 Å². The highest BCUT2D eigenvalue weighted by atomic mass is 19.1. The molecule has 0 N–H and O–H groups in total. The fourth-order valence-corrected chi connectivity index (χ4v) is 3.33. The van der Waals surface area contributed by atoms with Crippen LogP contribution in [0.5, 0.6) is 0 Å². The quantitative estimate of drug-likeness (QED) is 0.721. The molecule has 1 fully saturated rings. The van der Waals surface area contributed by atoms with Gasteiger partial charge in [-0.15, -0.1) is 0 Å². The Morgan fingerprint density at radius 1 is 0.960 bits per heavy atom. The van der Waals surface area contributed by atoms with E-state index in [9.17, 15) is 9.18 Å². The lowest BCUT2D eigenvalue weighted by atomic mass is 10.1. The number of fused-ring (bicyclic) bond motifs is 1. The number of nitrogens with zero attached hydrogens (tertiary/aromatic N) is 3. The van der Waals surface area contributed by atoms with Crippen LogP contribution in [0.3, 0.4) is 0 Å². The number of amides is 1. The van der Waals surface area contributed by atoms with Gasteiger partial charge in [0.05, 0.1) is 5.69 Å². The summed E-state index contributed by atoms with van der Waals surface area (Å²) in [6.45, 7) is 2.39. The van der Waals surface area contributed by atoms with Crippen molar-refractivity contribution in [3.05, 3.63) is 72.3 Å². The third-order valence-corrected chi connectivity index (χ3v) is 4.67. The van der Waals surface area contributed by atoms with Gasteiger partial charge in [-0.1, -0.05) is 24.3 Å². The minimum absolute atomic E-state index is 0.00628. The fourth-order valence-electron chi connectivity index (χ4n) is 3.33. The molecule has 0 unspecified atom stereocenters. The van der Waals surface area contributed by atoms with Gasteiger partial charge in [0.25, 0.3) is 5.91 Å². The summed E-state index contributed by atoms with van der Waals surface area (Å²) in [5.74, 6) is -0.214. The number of halogens is 1. The Morgan fingerprint density at radius 2 is 1.76 bits per heavy atom. The Morgan fingerprint density at radius 3 is 2.56 bits per heavy atom. The van der Waals surface area contributed by atoms with E-state index in [0.29, 0.717) is 37.4 Å². The SMILES string of the molecule is O=C(c1cccc2ccncc12)N1CCN(c2ccccc2F)CC1. The van der Waals surface area contributed by atoms with Crippen molar-refractivity contribution >= 4 is 22.4 Å². The maximum absolute atomic E-state index is 13.9. The van der Waals surface area contributed by atoms with Crippen LogP contribution in [0.2, 0.25) is 0 Å². The lowest BCUT2D eigenvalue weighted by molar-refractivity contribution is 0.0748. The van der Waals surface area contributed by atoms with E-state index in [1.807, 2.05) is 40.1 Å². The molecular weight excluding hydrogens is 317 g/mol. The molecule has 0 atom stereocenters. The number of hydrogen-bond donors (Lipinski definition) is 0. The van der Waals surface area contributed by atoms with Gasteiger partial charge >= 0.3 is 0 Å². The summed E-state index contributed by atoms with van der Waals surface area (Å²) >= 11 is 0. The summed E-state index contributed by atoms with van der Waals surface area (Å²) in [5, 5.41) is 1.87. The second-order valence-electron chi connectivity index (χ2n) is 6.13. The zero-order valence-corrected chi connectivity index (χ0v) is 13.7. The third-order valence-electron chi connectivity index (χ3n) is 4.67. The Balaban J connectivity index is 1.52. The first-order chi connectivity index (χ1) is 12.2. The first kappa shape index (κ1) is 15.6. The van der Waals surface area contributed by atoms with Gasteiger partial charge in [-0.25, -0.2) is 4.39 Å². The summed E-state index contributed by atoms with van der Waals surface area (Å²) in [6.07, 6.45) is 3.46. The normalized spacial score (nSPS) is 14.8. The molecule has 4 nitrogen and oxygen atoms in total. The fraction of sp³-hybridized carbons (Fsp3) is 0.200. The number of piperazine rings is 1. The standard InChI is InChI=1S/C20H18FN3O/c21-18-6-1-2-7-19(18)23-10-12-24(13-11-23)20(25)16-5-3-4-15-8-9-22-14-17(15)16/h1-9,14H,10-13H2. The van der Waals surface area contributed by atoms with Gasteiger partial charge in [0.2, 0.25) is 0 Å². The zero-order valence-electron chi connectivity index (χ0n) is 13.7. The molecule has 0 bridgehead atoms. The molecule has 2 aromatic carbocycles.